The molecule has 1 aromatic heterocycles. The number of anilines is 2. The van der Waals surface area contributed by atoms with Crippen molar-refractivity contribution in [1.82, 2.24) is 15.0 Å². The van der Waals surface area contributed by atoms with Gasteiger partial charge in [0.05, 0.1) is 6.61 Å². The summed E-state index contributed by atoms with van der Waals surface area (Å²) in [5, 5.41) is 6.15. The van der Waals surface area contributed by atoms with Crippen molar-refractivity contribution in [3.63, 3.8) is 0 Å². The average molecular weight is 225 g/mol. The van der Waals surface area contributed by atoms with Crippen LogP contribution in [-0.2, 0) is 0 Å². The largest absolute Gasteiger partial charge is 0.464 e. The highest BCUT2D eigenvalue weighted by atomic mass is 16.5. The van der Waals surface area contributed by atoms with Crippen LogP contribution in [0.15, 0.2) is 0 Å². The zero-order valence-corrected chi connectivity index (χ0v) is 10.1. The van der Waals surface area contributed by atoms with Crippen molar-refractivity contribution in [2.75, 3.05) is 30.3 Å². The number of nitrogens with zero attached hydrogens (tertiary/aromatic N) is 3. The Morgan fingerprint density at radius 1 is 1.00 bits per heavy atom. The fourth-order valence-corrected chi connectivity index (χ4v) is 1.10. The molecular formula is C10H19N5O. The molecule has 0 amide bonds. The Kier molecular flexibility index (Phi) is 5.31. The van der Waals surface area contributed by atoms with Crippen molar-refractivity contribution in [2.45, 2.75) is 27.2 Å². The summed E-state index contributed by atoms with van der Waals surface area (Å²) in [6, 6.07) is 0.354. The zero-order valence-electron chi connectivity index (χ0n) is 10.1. The van der Waals surface area contributed by atoms with E-state index in [1.807, 2.05) is 13.8 Å². The summed E-state index contributed by atoms with van der Waals surface area (Å²) in [7, 11) is 0. The fourth-order valence-electron chi connectivity index (χ4n) is 1.10. The molecule has 1 rings (SSSR count). The van der Waals surface area contributed by atoms with E-state index in [2.05, 4.69) is 32.5 Å². The van der Waals surface area contributed by atoms with Crippen LogP contribution in [0.4, 0.5) is 11.9 Å². The molecule has 6 heteroatoms. The standard InChI is InChI=1S/C10H19N5O/c1-4-7-12-9-13-8(11-5-2)14-10(15-9)16-6-3/h4-7H2,1-3H3,(H2,11,12,13,14,15). The topological polar surface area (TPSA) is 72.0 Å². The summed E-state index contributed by atoms with van der Waals surface area (Å²) in [6.07, 6.45) is 1.02. The van der Waals surface area contributed by atoms with Gasteiger partial charge in [-0.2, -0.15) is 15.0 Å². The van der Waals surface area contributed by atoms with Crippen molar-refractivity contribution in [3.8, 4) is 6.01 Å². The highest BCUT2D eigenvalue weighted by molar-refractivity contribution is 5.35. The Morgan fingerprint density at radius 3 is 2.25 bits per heavy atom. The molecule has 0 radical (unpaired) electrons. The minimum absolute atomic E-state index is 0.354. The summed E-state index contributed by atoms with van der Waals surface area (Å²) in [5.41, 5.74) is 0. The van der Waals surface area contributed by atoms with E-state index in [0.29, 0.717) is 24.5 Å². The molecule has 0 bridgehead atoms. The van der Waals surface area contributed by atoms with Crippen LogP contribution in [0.2, 0.25) is 0 Å². The summed E-state index contributed by atoms with van der Waals surface area (Å²) in [6.45, 7) is 8.12. The molecule has 0 aromatic carbocycles. The molecule has 0 fully saturated rings. The molecule has 0 spiro atoms. The van der Waals surface area contributed by atoms with Crippen LogP contribution in [0.1, 0.15) is 27.2 Å². The summed E-state index contributed by atoms with van der Waals surface area (Å²) in [4.78, 5) is 12.5. The van der Waals surface area contributed by atoms with Gasteiger partial charge in [-0.25, -0.2) is 0 Å². The van der Waals surface area contributed by atoms with Gasteiger partial charge in [-0.1, -0.05) is 6.92 Å². The smallest absolute Gasteiger partial charge is 0.323 e. The summed E-state index contributed by atoms with van der Waals surface area (Å²) < 4.78 is 5.27. The number of rotatable bonds is 7. The molecule has 6 nitrogen and oxygen atoms in total. The molecule has 1 heterocycles. The summed E-state index contributed by atoms with van der Waals surface area (Å²) >= 11 is 0. The molecule has 0 saturated carbocycles. The van der Waals surface area contributed by atoms with Gasteiger partial charge in [0.2, 0.25) is 11.9 Å². The average Bonchev–Trinajstić information content (AvgIpc) is 2.27. The van der Waals surface area contributed by atoms with Crippen molar-refractivity contribution >= 4 is 11.9 Å². The van der Waals surface area contributed by atoms with Gasteiger partial charge in [-0.15, -0.1) is 0 Å². The summed E-state index contributed by atoms with van der Waals surface area (Å²) in [5.74, 6) is 1.09. The van der Waals surface area contributed by atoms with E-state index in [1.165, 1.54) is 0 Å². The predicted octanol–water partition coefficient (Wildman–Crippen LogP) is 1.52. The predicted molar refractivity (Wildman–Crippen MR) is 63.9 cm³/mol. The number of aromatic nitrogens is 3. The number of hydrogen-bond acceptors (Lipinski definition) is 6. The normalized spacial score (nSPS) is 9.94. The first-order valence-corrected chi connectivity index (χ1v) is 5.66. The third-order valence-electron chi connectivity index (χ3n) is 1.76. The van der Waals surface area contributed by atoms with Gasteiger partial charge in [0.15, 0.2) is 0 Å². The van der Waals surface area contributed by atoms with E-state index < -0.39 is 0 Å². The molecule has 90 valence electrons. The molecule has 1 aromatic rings. The molecular weight excluding hydrogens is 206 g/mol. The molecule has 2 N–H and O–H groups in total. The van der Waals surface area contributed by atoms with E-state index in [0.717, 1.165) is 19.5 Å². The lowest BCUT2D eigenvalue weighted by molar-refractivity contribution is 0.312. The Balaban J connectivity index is 2.80. The molecule has 0 aliphatic carbocycles. The van der Waals surface area contributed by atoms with Gasteiger partial charge >= 0.3 is 6.01 Å². The lowest BCUT2D eigenvalue weighted by Crippen LogP contribution is -2.11. The van der Waals surface area contributed by atoms with E-state index in [4.69, 9.17) is 4.74 Å². The van der Waals surface area contributed by atoms with Crippen molar-refractivity contribution in [3.05, 3.63) is 0 Å². The van der Waals surface area contributed by atoms with Crippen LogP contribution in [0.25, 0.3) is 0 Å². The van der Waals surface area contributed by atoms with Crippen LogP contribution in [0, 0.1) is 0 Å². The van der Waals surface area contributed by atoms with Crippen molar-refractivity contribution < 1.29 is 4.74 Å². The fraction of sp³-hybridized carbons (Fsp3) is 0.700. The molecule has 0 saturated heterocycles. The maximum atomic E-state index is 5.27. The van der Waals surface area contributed by atoms with E-state index >= 15 is 0 Å². The Hall–Kier alpha value is -1.59. The molecule has 0 unspecified atom stereocenters. The van der Waals surface area contributed by atoms with Gasteiger partial charge in [0, 0.05) is 13.1 Å². The van der Waals surface area contributed by atoms with E-state index in [-0.39, 0.29) is 0 Å². The van der Waals surface area contributed by atoms with E-state index in [1.54, 1.807) is 0 Å². The van der Waals surface area contributed by atoms with Crippen LogP contribution < -0.4 is 15.4 Å². The lowest BCUT2D eigenvalue weighted by Gasteiger charge is -2.08. The first kappa shape index (κ1) is 12.5. The molecule has 0 aliphatic heterocycles. The van der Waals surface area contributed by atoms with Crippen LogP contribution in [-0.4, -0.2) is 34.6 Å². The first-order chi connectivity index (χ1) is 7.80. The third-order valence-corrected chi connectivity index (χ3v) is 1.76. The maximum absolute atomic E-state index is 5.27. The third kappa shape index (κ3) is 3.88. The monoisotopic (exact) mass is 225 g/mol. The number of hydrogen-bond donors (Lipinski definition) is 2. The van der Waals surface area contributed by atoms with Gasteiger partial charge in [0.25, 0.3) is 0 Å². The van der Waals surface area contributed by atoms with Gasteiger partial charge in [0.1, 0.15) is 0 Å². The molecule has 0 aliphatic rings. The minimum Gasteiger partial charge on any atom is -0.464 e. The lowest BCUT2D eigenvalue weighted by atomic mass is 10.5. The Morgan fingerprint density at radius 2 is 1.69 bits per heavy atom. The van der Waals surface area contributed by atoms with E-state index in [9.17, 15) is 0 Å². The highest BCUT2D eigenvalue weighted by Crippen LogP contribution is 2.10. The first-order valence-electron chi connectivity index (χ1n) is 5.66. The number of ether oxygens (including phenoxy) is 1. The minimum atomic E-state index is 0.354. The molecule has 16 heavy (non-hydrogen) atoms. The van der Waals surface area contributed by atoms with Crippen LogP contribution in [0.5, 0.6) is 6.01 Å². The molecule has 0 atom stereocenters. The van der Waals surface area contributed by atoms with Gasteiger partial charge in [-0.05, 0) is 20.3 Å². The Labute approximate surface area is 95.9 Å². The highest BCUT2D eigenvalue weighted by Gasteiger charge is 2.05. The second-order valence-electron chi connectivity index (χ2n) is 3.16. The van der Waals surface area contributed by atoms with Crippen molar-refractivity contribution in [1.29, 1.82) is 0 Å². The van der Waals surface area contributed by atoms with Crippen molar-refractivity contribution in [2.24, 2.45) is 0 Å². The van der Waals surface area contributed by atoms with Gasteiger partial charge in [-0.3, -0.25) is 0 Å². The second-order valence-corrected chi connectivity index (χ2v) is 3.16. The Bertz CT molecular complexity index is 294. The van der Waals surface area contributed by atoms with Crippen LogP contribution in [0.3, 0.4) is 0 Å². The maximum Gasteiger partial charge on any atom is 0.323 e. The van der Waals surface area contributed by atoms with Crippen LogP contribution >= 0.6 is 0 Å². The zero-order chi connectivity index (χ0) is 11.8. The SMILES string of the molecule is CCCNc1nc(NCC)nc(OCC)n1. The van der Waals surface area contributed by atoms with Gasteiger partial charge < -0.3 is 15.4 Å². The second kappa shape index (κ2) is 6.81. The number of nitrogens with one attached hydrogen (secondary N) is 2. The quantitative estimate of drug-likeness (QED) is 0.733.